The van der Waals surface area contributed by atoms with Crippen LogP contribution in [0.15, 0.2) is 36.5 Å². The third-order valence-corrected chi connectivity index (χ3v) is 5.89. The van der Waals surface area contributed by atoms with Gasteiger partial charge in [-0.2, -0.15) is 0 Å². The van der Waals surface area contributed by atoms with E-state index in [1.54, 1.807) is 11.0 Å². The Morgan fingerprint density at radius 1 is 1.10 bits per heavy atom. The molecule has 1 aromatic carbocycles. The molecule has 2 N–H and O–H groups in total. The summed E-state index contributed by atoms with van der Waals surface area (Å²) in [6, 6.07) is 7.81. The molecule has 0 atom stereocenters. The summed E-state index contributed by atoms with van der Waals surface area (Å²) < 4.78 is 0. The highest BCUT2D eigenvalue weighted by Crippen LogP contribution is 2.34. The molecule has 0 spiro atoms. The van der Waals surface area contributed by atoms with Gasteiger partial charge in [0.25, 0.3) is 5.91 Å². The second-order valence-corrected chi connectivity index (χ2v) is 7.71. The lowest BCUT2D eigenvalue weighted by Gasteiger charge is -2.24. The van der Waals surface area contributed by atoms with Gasteiger partial charge in [0.15, 0.2) is 0 Å². The molecule has 0 radical (unpaired) electrons. The van der Waals surface area contributed by atoms with Gasteiger partial charge in [-0.1, -0.05) is 12.1 Å². The first kappa shape index (κ1) is 18.4. The first-order valence-electron chi connectivity index (χ1n) is 9.90. The van der Waals surface area contributed by atoms with E-state index in [4.69, 9.17) is 5.11 Å². The third-order valence-electron chi connectivity index (χ3n) is 5.89. The number of hydrogen-bond donors (Lipinski definition) is 2. The van der Waals surface area contributed by atoms with Gasteiger partial charge in [-0.05, 0) is 47.7 Å². The molecule has 4 heterocycles. The van der Waals surface area contributed by atoms with Crippen LogP contribution in [0.1, 0.15) is 33.5 Å². The molecule has 30 heavy (non-hydrogen) atoms. The van der Waals surface area contributed by atoms with Crippen molar-refractivity contribution in [2.24, 2.45) is 0 Å². The first-order chi connectivity index (χ1) is 14.5. The van der Waals surface area contributed by atoms with Gasteiger partial charge in [0.05, 0.1) is 12.0 Å². The van der Waals surface area contributed by atoms with Crippen LogP contribution in [0.2, 0.25) is 0 Å². The van der Waals surface area contributed by atoms with Crippen molar-refractivity contribution in [1.29, 1.82) is 0 Å². The molecular weight excluding hydrogens is 384 g/mol. The molecule has 152 valence electrons. The molecule has 0 fully saturated rings. The van der Waals surface area contributed by atoms with Crippen LogP contribution in [0.25, 0.3) is 5.57 Å². The fraction of sp³-hybridized carbons (Fsp3) is 0.273. The average molecular weight is 404 g/mol. The number of carbonyl (C=O) groups is 3. The SMILES string of the molecule is O=C1Cc2cc(C(=O)N3CCc4cc(C5=CCN(C(=O)O)CC5)ccc43)cnc2N1. The Labute approximate surface area is 172 Å². The van der Waals surface area contributed by atoms with Crippen molar-refractivity contribution >= 4 is 35.0 Å². The van der Waals surface area contributed by atoms with Crippen molar-refractivity contribution in [3.8, 4) is 0 Å². The highest BCUT2D eigenvalue weighted by molar-refractivity contribution is 6.08. The number of nitrogens with one attached hydrogen (secondary N) is 1. The second kappa shape index (κ2) is 6.98. The minimum atomic E-state index is -0.894. The Hall–Kier alpha value is -3.68. The highest BCUT2D eigenvalue weighted by atomic mass is 16.4. The average Bonchev–Trinajstić information content (AvgIpc) is 3.34. The zero-order valence-electron chi connectivity index (χ0n) is 16.2. The van der Waals surface area contributed by atoms with Crippen LogP contribution in [0.5, 0.6) is 0 Å². The zero-order chi connectivity index (χ0) is 20.8. The molecular formula is C22H20N4O4. The summed E-state index contributed by atoms with van der Waals surface area (Å²) >= 11 is 0. The third kappa shape index (κ3) is 3.10. The van der Waals surface area contributed by atoms with Crippen LogP contribution in [-0.2, 0) is 17.6 Å². The number of hydrogen-bond acceptors (Lipinski definition) is 4. The van der Waals surface area contributed by atoms with Crippen LogP contribution in [0.4, 0.5) is 16.3 Å². The molecule has 0 aliphatic carbocycles. The van der Waals surface area contributed by atoms with Crippen LogP contribution in [-0.4, -0.2) is 52.5 Å². The summed E-state index contributed by atoms with van der Waals surface area (Å²) in [4.78, 5) is 43.1. The summed E-state index contributed by atoms with van der Waals surface area (Å²) in [6.45, 7) is 1.48. The second-order valence-electron chi connectivity index (χ2n) is 7.71. The van der Waals surface area contributed by atoms with Gasteiger partial charge in [0, 0.05) is 37.1 Å². The molecule has 2 aromatic rings. The number of fused-ring (bicyclic) bond motifs is 2. The molecule has 3 aliphatic rings. The van der Waals surface area contributed by atoms with Crippen LogP contribution >= 0.6 is 0 Å². The number of anilines is 2. The van der Waals surface area contributed by atoms with E-state index in [0.717, 1.165) is 34.4 Å². The predicted molar refractivity (Wildman–Crippen MR) is 111 cm³/mol. The predicted octanol–water partition coefficient (Wildman–Crippen LogP) is 2.55. The Kier molecular flexibility index (Phi) is 4.27. The maximum absolute atomic E-state index is 13.1. The Morgan fingerprint density at radius 2 is 1.97 bits per heavy atom. The van der Waals surface area contributed by atoms with Gasteiger partial charge < -0.3 is 20.2 Å². The van der Waals surface area contributed by atoms with E-state index in [1.807, 2.05) is 18.2 Å². The van der Waals surface area contributed by atoms with E-state index in [-0.39, 0.29) is 18.2 Å². The van der Waals surface area contributed by atoms with Crippen LogP contribution < -0.4 is 10.2 Å². The van der Waals surface area contributed by atoms with Crippen molar-refractivity contribution in [1.82, 2.24) is 9.88 Å². The van der Waals surface area contributed by atoms with E-state index in [9.17, 15) is 14.4 Å². The van der Waals surface area contributed by atoms with Gasteiger partial charge >= 0.3 is 6.09 Å². The molecule has 8 heteroatoms. The van der Waals surface area contributed by atoms with E-state index in [0.29, 0.717) is 37.4 Å². The number of pyridine rings is 1. The van der Waals surface area contributed by atoms with Crippen molar-refractivity contribution in [3.63, 3.8) is 0 Å². The number of aromatic nitrogens is 1. The molecule has 3 aliphatic heterocycles. The molecule has 8 nitrogen and oxygen atoms in total. The van der Waals surface area contributed by atoms with Crippen LogP contribution in [0, 0.1) is 0 Å². The lowest BCUT2D eigenvalue weighted by atomic mass is 9.97. The fourth-order valence-corrected chi connectivity index (χ4v) is 4.30. The highest BCUT2D eigenvalue weighted by Gasteiger charge is 2.28. The number of nitrogens with zero attached hydrogens (tertiary/aromatic N) is 3. The Morgan fingerprint density at radius 3 is 2.73 bits per heavy atom. The number of benzene rings is 1. The summed E-state index contributed by atoms with van der Waals surface area (Å²) in [5.41, 5.74) is 5.44. The van der Waals surface area contributed by atoms with E-state index >= 15 is 0 Å². The number of amides is 3. The van der Waals surface area contributed by atoms with E-state index < -0.39 is 6.09 Å². The van der Waals surface area contributed by atoms with Crippen molar-refractivity contribution < 1.29 is 19.5 Å². The zero-order valence-corrected chi connectivity index (χ0v) is 16.2. The summed E-state index contributed by atoms with van der Waals surface area (Å²) in [5.74, 6) is 0.306. The minimum Gasteiger partial charge on any atom is -0.465 e. The van der Waals surface area contributed by atoms with Crippen molar-refractivity contribution in [2.45, 2.75) is 19.3 Å². The monoisotopic (exact) mass is 404 g/mol. The smallest absolute Gasteiger partial charge is 0.407 e. The molecule has 0 unspecified atom stereocenters. The fourth-order valence-electron chi connectivity index (χ4n) is 4.30. The van der Waals surface area contributed by atoms with E-state index in [1.165, 1.54) is 11.1 Å². The number of carbonyl (C=O) groups excluding carboxylic acids is 2. The summed E-state index contributed by atoms with van der Waals surface area (Å²) in [6.07, 6.45) is 4.28. The maximum Gasteiger partial charge on any atom is 0.407 e. The number of rotatable bonds is 2. The summed E-state index contributed by atoms with van der Waals surface area (Å²) in [7, 11) is 0. The topological polar surface area (TPSA) is 103 Å². The quantitative estimate of drug-likeness (QED) is 0.801. The summed E-state index contributed by atoms with van der Waals surface area (Å²) in [5, 5.41) is 11.8. The first-order valence-corrected chi connectivity index (χ1v) is 9.90. The standard InChI is InChI=1S/C22H20N4O4/c27-19-11-16-10-17(12-23-20(16)24-19)21(28)26-8-5-15-9-14(1-2-18(15)26)13-3-6-25(7-4-13)22(29)30/h1-3,9-10,12H,4-8,11H2,(H,29,30)(H,23,24,27). The molecule has 1 aromatic heterocycles. The van der Waals surface area contributed by atoms with Gasteiger partial charge in [0.1, 0.15) is 5.82 Å². The lowest BCUT2D eigenvalue weighted by Crippen LogP contribution is -2.33. The largest absolute Gasteiger partial charge is 0.465 e. The van der Waals surface area contributed by atoms with Crippen LogP contribution in [0.3, 0.4) is 0 Å². The van der Waals surface area contributed by atoms with Gasteiger partial charge in [0.2, 0.25) is 5.91 Å². The van der Waals surface area contributed by atoms with E-state index in [2.05, 4.69) is 16.4 Å². The minimum absolute atomic E-state index is 0.107. The Bertz CT molecular complexity index is 1120. The van der Waals surface area contributed by atoms with Crippen molar-refractivity contribution in [3.05, 3.63) is 58.8 Å². The molecule has 5 rings (SSSR count). The Balaban J connectivity index is 1.37. The molecule has 0 saturated heterocycles. The van der Waals surface area contributed by atoms with Gasteiger partial charge in [-0.25, -0.2) is 9.78 Å². The molecule has 0 saturated carbocycles. The molecule has 3 amide bonds. The molecule has 0 bridgehead atoms. The van der Waals surface area contributed by atoms with Gasteiger partial charge in [-0.3, -0.25) is 9.59 Å². The van der Waals surface area contributed by atoms with Crippen molar-refractivity contribution in [2.75, 3.05) is 29.9 Å². The normalized spacial score (nSPS) is 17.3. The van der Waals surface area contributed by atoms with Gasteiger partial charge in [-0.15, -0.1) is 0 Å². The lowest BCUT2D eigenvalue weighted by molar-refractivity contribution is -0.115. The number of carboxylic acid groups (broad SMARTS) is 1. The maximum atomic E-state index is 13.1.